The Morgan fingerprint density at radius 3 is 3.20 bits per heavy atom. The molecule has 1 aromatic heterocycles. The van der Waals surface area contributed by atoms with E-state index in [4.69, 9.17) is 0 Å². The van der Waals surface area contributed by atoms with Crippen LogP contribution in [0.2, 0.25) is 0 Å². The van der Waals surface area contributed by atoms with Crippen LogP contribution in [0.1, 0.15) is 31.9 Å². The molecule has 0 bridgehead atoms. The van der Waals surface area contributed by atoms with Crippen LogP contribution < -0.4 is 5.32 Å². The van der Waals surface area contributed by atoms with Gasteiger partial charge in [-0.25, -0.2) is 0 Å². The molecule has 3 heterocycles. The quantitative estimate of drug-likeness (QED) is 0.883. The number of nitrogens with zero attached hydrogens (tertiary/aromatic N) is 4. The van der Waals surface area contributed by atoms with E-state index in [0.717, 1.165) is 62.7 Å². The molecule has 20 heavy (non-hydrogen) atoms. The Morgan fingerprint density at radius 1 is 1.45 bits per heavy atom. The summed E-state index contributed by atoms with van der Waals surface area (Å²) in [7, 11) is 0. The maximum Gasteiger partial charge on any atom is 0.222 e. The lowest BCUT2D eigenvalue weighted by Gasteiger charge is -2.37. The number of anilines is 1. The number of hydrogen-bond donors (Lipinski definition) is 1. The molecule has 0 spiro atoms. The third-order valence-corrected chi connectivity index (χ3v) is 4.77. The van der Waals surface area contributed by atoms with E-state index in [2.05, 4.69) is 26.7 Å². The van der Waals surface area contributed by atoms with Crippen LogP contribution in [0.3, 0.4) is 0 Å². The summed E-state index contributed by atoms with van der Waals surface area (Å²) in [6, 6.07) is 0.412. The van der Waals surface area contributed by atoms with E-state index in [1.54, 1.807) is 0 Å². The maximum absolute atomic E-state index is 11.7. The predicted molar refractivity (Wildman–Crippen MR) is 78.7 cm³/mol. The van der Waals surface area contributed by atoms with Crippen molar-refractivity contribution in [1.29, 1.82) is 0 Å². The Hall–Kier alpha value is -1.21. The molecule has 2 aliphatic rings. The lowest BCUT2D eigenvalue weighted by Crippen LogP contribution is -2.51. The summed E-state index contributed by atoms with van der Waals surface area (Å²) in [4.78, 5) is 16.1. The van der Waals surface area contributed by atoms with Gasteiger partial charge in [-0.2, -0.15) is 0 Å². The van der Waals surface area contributed by atoms with Crippen molar-refractivity contribution in [2.24, 2.45) is 0 Å². The fourth-order valence-corrected chi connectivity index (χ4v) is 3.57. The standard InChI is InChI=1S/C13H21N5OS/c1-2-5-14-13-11(15-16-20-13)9-17-6-7-18-10(8-17)3-4-12(18)19/h10,14H,2-9H2,1H3. The predicted octanol–water partition coefficient (Wildman–Crippen LogP) is 1.17. The summed E-state index contributed by atoms with van der Waals surface area (Å²) in [6.45, 7) is 6.71. The third-order valence-electron chi connectivity index (χ3n) is 4.04. The number of piperazine rings is 1. The Bertz CT molecular complexity index is 477. The van der Waals surface area contributed by atoms with E-state index < -0.39 is 0 Å². The van der Waals surface area contributed by atoms with Crippen molar-refractivity contribution in [2.75, 3.05) is 31.5 Å². The van der Waals surface area contributed by atoms with Gasteiger partial charge >= 0.3 is 0 Å². The van der Waals surface area contributed by atoms with Gasteiger partial charge in [-0.3, -0.25) is 9.69 Å². The molecule has 1 N–H and O–H groups in total. The van der Waals surface area contributed by atoms with Crippen LogP contribution in [0.15, 0.2) is 0 Å². The Balaban J connectivity index is 1.59. The van der Waals surface area contributed by atoms with Crippen LogP contribution in [-0.4, -0.2) is 57.5 Å². The zero-order chi connectivity index (χ0) is 13.9. The average Bonchev–Trinajstić information content (AvgIpc) is 3.04. The molecule has 110 valence electrons. The summed E-state index contributed by atoms with van der Waals surface area (Å²) < 4.78 is 4.06. The monoisotopic (exact) mass is 295 g/mol. The van der Waals surface area contributed by atoms with Gasteiger partial charge in [0.15, 0.2) is 0 Å². The van der Waals surface area contributed by atoms with Crippen molar-refractivity contribution in [3.05, 3.63) is 5.69 Å². The largest absolute Gasteiger partial charge is 0.374 e. The van der Waals surface area contributed by atoms with Crippen LogP contribution in [0.5, 0.6) is 0 Å². The highest BCUT2D eigenvalue weighted by Gasteiger charge is 2.35. The van der Waals surface area contributed by atoms with Crippen LogP contribution in [0.25, 0.3) is 0 Å². The summed E-state index contributed by atoms with van der Waals surface area (Å²) in [5, 5.41) is 8.73. The van der Waals surface area contributed by atoms with Gasteiger partial charge in [0.25, 0.3) is 0 Å². The van der Waals surface area contributed by atoms with Gasteiger partial charge in [0.1, 0.15) is 10.7 Å². The second-order valence-corrected chi connectivity index (χ2v) is 6.24. The molecule has 0 aromatic carbocycles. The van der Waals surface area contributed by atoms with Gasteiger partial charge in [-0.05, 0) is 12.8 Å². The second kappa shape index (κ2) is 6.05. The summed E-state index contributed by atoms with van der Waals surface area (Å²) in [5.41, 5.74) is 1.04. The molecule has 7 heteroatoms. The first kappa shape index (κ1) is 13.8. The van der Waals surface area contributed by atoms with Gasteiger partial charge in [-0.15, -0.1) is 5.10 Å². The molecule has 2 saturated heterocycles. The number of fused-ring (bicyclic) bond motifs is 1. The van der Waals surface area contributed by atoms with Crippen molar-refractivity contribution in [3.8, 4) is 0 Å². The van der Waals surface area contributed by atoms with E-state index in [1.807, 2.05) is 4.90 Å². The second-order valence-electron chi connectivity index (χ2n) is 5.49. The van der Waals surface area contributed by atoms with E-state index in [-0.39, 0.29) is 0 Å². The molecule has 0 radical (unpaired) electrons. The summed E-state index contributed by atoms with van der Waals surface area (Å²) in [6.07, 6.45) is 2.83. The molecule has 0 saturated carbocycles. The van der Waals surface area contributed by atoms with E-state index in [0.29, 0.717) is 11.9 Å². The minimum absolute atomic E-state index is 0.329. The lowest BCUT2D eigenvalue weighted by atomic mass is 10.1. The molecule has 1 aromatic rings. The molecule has 2 aliphatic heterocycles. The normalized spacial score (nSPS) is 23.1. The number of nitrogens with one attached hydrogen (secondary N) is 1. The SMILES string of the molecule is CCCNc1snnc1CN1CCN2C(=O)CCC2C1. The summed E-state index contributed by atoms with van der Waals surface area (Å²) >= 11 is 1.43. The minimum atomic E-state index is 0.329. The van der Waals surface area contributed by atoms with Crippen LogP contribution in [-0.2, 0) is 11.3 Å². The molecule has 0 aliphatic carbocycles. The highest BCUT2D eigenvalue weighted by atomic mass is 32.1. The summed E-state index contributed by atoms with van der Waals surface area (Å²) in [5.74, 6) is 0.329. The number of carbonyl (C=O) groups excluding carboxylic acids is 1. The van der Waals surface area contributed by atoms with Crippen molar-refractivity contribution in [1.82, 2.24) is 19.4 Å². The Morgan fingerprint density at radius 2 is 2.35 bits per heavy atom. The highest BCUT2D eigenvalue weighted by molar-refractivity contribution is 7.10. The zero-order valence-corrected chi connectivity index (χ0v) is 12.7. The number of hydrogen-bond acceptors (Lipinski definition) is 6. The molecule has 2 fully saturated rings. The average molecular weight is 295 g/mol. The first-order chi connectivity index (χ1) is 9.78. The zero-order valence-electron chi connectivity index (χ0n) is 11.8. The van der Waals surface area contributed by atoms with E-state index >= 15 is 0 Å². The Labute approximate surface area is 123 Å². The lowest BCUT2D eigenvalue weighted by molar-refractivity contribution is -0.130. The number of carbonyl (C=O) groups is 1. The van der Waals surface area contributed by atoms with Crippen LogP contribution in [0, 0.1) is 0 Å². The Kier molecular flexibility index (Phi) is 4.16. The number of amides is 1. The maximum atomic E-state index is 11.7. The highest BCUT2D eigenvalue weighted by Crippen LogP contribution is 2.25. The van der Waals surface area contributed by atoms with Gasteiger partial charge in [-0.1, -0.05) is 11.4 Å². The van der Waals surface area contributed by atoms with Crippen molar-refractivity contribution >= 4 is 22.4 Å². The topological polar surface area (TPSA) is 61.4 Å². The molecule has 3 rings (SSSR count). The molecule has 1 amide bonds. The first-order valence-corrected chi connectivity index (χ1v) is 8.12. The van der Waals surface area contributed by atoms with E-state index in [9.17, 15) is 4.79 Å². The molecular weight excluding hydrogens is 274 g/mol. The fourth-order valence-electron chi connectivity index (χ4n) is 2.97. The van der Waals surface area contributed by atoms with E-state index in [1.165, 1.54) is 11.5 Å². The van der Waals surface area contributed by atoms with Crippen LogP contribution >= 0.6 is 11.5 Å². The molecular formula is C13H21N5OS. The number of rotatable bonds is 5. The minimum Gasteiger partial charge on any atom is -0.374 e. The molecule has 1 unspecified atom stereocenters. The number of aromatic nitrogens is 2. The smallest absolute Gasteiger partial charge is 0.222 e. The van der Waals surface area contributed by atoms with Crippen molar-refractivity contribution in [2.45, 2.75) is 38.8 Å². The van der Waals surface area contributed by atoms with Gasteiger partial charge in [0.2, 0.25) is 5.91 Å². The molecule has 6 nitrogen and oxygen atoms in total. The van der Waals surface area contributed by atoms with Crippen molar-refractivity contribution in [3.63, 3.8) is 0 Å². The third kappa shape index (κ3) is 2.78. The van der Waals surface area contributed by atoms with Crippen molar-refractivity contribution < 1.29 is 4.79 Å². The van der Waals surface area contributed by atoms with Gasteiger partial charge < -0.3 is 10.2 Å². The van der Waals surface area contributed by atoms with Crippen LogP contribution in [0.4, 0.5) is 5.00 Å². The van der Waals surface area contributed by atoms with Gasteiger partial charge in [0, 0.05) is 56.7 Å². The van der Waals surface area contributed by atoms with Gasteiger partial charge in [0.05, 0.1) is 0 Å². The fraction of sp³-hybridized carbons (Fsp3) is 0.769. The molecule has 1 atom stereocenters. The first-order valence-electron chi connectivity index (χ1n) is 7.35.